The average Bonchev–Trinajstić information content (AvgIpc) is 2.44. The largest absolute Gasteiger partial charge is 0.631 e. The van der Waals surface area contributed by atoms with E-state index < -0.39 is 7.12 Å². The van der Waals surface area contributed by atoms with E-state index >= 15 is 0 Å². The van der Waals surface area contributed by atoms with Gasteiger partial charge in [-0.25, -0.2) is 0 Å². The summed E-state index contributed by atoms with van der Waals surface area (Å²) in [5.41, 5.74) is 0.519. The lowest BCUT2D eigenvalue weighted by Gasteiger charge is -2.36. The number of hydrogen-bond acceptors (Lipinski definition) is 5. The number of nitrogens with zero attached hydrogens (tertiary/aromatic N) is 1. The molecule has 2 aliphatic rings. The molecule has 1 saturated heterocycles. The van der Waals surface area contributed by atoms with E-state index in [4.69, 9.17) is 9.31 Å². The fourth-order valence-corrected chi connectivity index (χ4v) is 3.13. The Labute approximate surface area is 126 Å². The molecule has 1 heterocycles. The summed E-state index contributed by atoms with van der Waals surface area (Å²) in [4.78, 5) is 25.8. The minimum atomic E-state index is -0.947. The van der Waals surface area contributed by atoms with Crippen molar-refractivity contribution in [2.75, 3.05) is 13.1 Å². The zero-order valence-electron chi connectivity index (χ0n) is 13.0. The summed E-state index contributed by atoms with van der Waals surface area (Å²) >= 11 is 0. The first-order valence-corrected chi connectivity index (χ1v) is 7.76. The van der Waals surface area contributed by atoms with E-state index in [9.17, 15) is 9.59 Å². The van der Waals surface area contributed by atoms with Gasteiger partial charge in [-0.1, -0.05) is 19.3 Å². The summed E-state index contributed by atoms with van der Waals surface area (Å²) in [5, 5.41) is 0. The maximum Gasteiger partial charge on any atom is 0.631 e. The molecule has 1 aliphatic heterocycles. The summed E-state index contributed by atoms with van der Waals surface area (Å²) in [6, 6.07) is 0.187. The van der Waals surface area contributed by atoms with Crippen LogP contribution in [0.5, 0.6) is 0 Å². The summed E-state index contributed by atoms with van der Waals surface area (Å²) in [6.45, 7) is 7.72. The van der Waals surface area contributed by atoms with Crippen LogP contribution in [0.15, 0.2) is 12.1 Å². The maximum atomic E-state index is 12.0. The zero-order chi connectivity index (χ0) is 15.4. The summed E-state index contributed by atoms with van der Waals surface area (Å²) in [6.07, 6.45) is 6.07. The Morgan fingerprint density at radius 3 is 2.19 bits per heavy atom. The number of carbonyl (C=O) groups excluding carboxylic acids is 2. The molecule has 0 aromatic heterocycles. The molecule has 0 N–H and O–H groups in total. The van der Waals surface area contributed by atoms with Crippen LogP contribution in [0.2, 0.25) is 0 Å². The molecule has 1 saturated carbocycles. The predicted molar refractivity (Wildman–Crippen MR) is 80.4 cm³/mol. The van der Waals surface area contributed by atoms with Crippen LogP contribution in [0.25, 0.3) is 0 Å². The van der Waals surface area contributed by atoms with E-state index in [1.54, 1.807) is 6.92 Å². The van der Waals surface area contributed by atoms with Crippen LogP contribution < -0.4 is 0 Å². The van der Waals surface area contributed by atoms with E-state index in [0.29, 0.717) is 11.4 Å². The van der Waals surface area contributed by atoms with E-state index in [-0.39, 0.29) is 31.1 Å². The van der Waals surface area contributed by atoms with Gasteiger partial charge in [-0.15, -0.1) is 6.58 Å². The fourth-order valence-electron chi connectivity index (χ4n) is 3.13. The molecule has 0 aromatic carbocycles. The molecule has 6 heteroatoms. The predicted octanol–water partition coefficient (Wildman–Crippen LogP) is 1.96. The van der Waals surface area contributed by atoms with E-state index in [1.807, 2.05) is 4.90 Å². The van der Waals surface area contributed by atoms with Crippen LogP contribution in [-0.4, -0.2) is 43.1 Å². The van der Waals surface area contributed by atoms with Crippen molar-refractivity contribution in [1.82, 2.24) is 4.90 Å². The van der Waals surface area contributed by atoms with Crippen molar-refractivity contribution in [2.45, 2.75) is 52.0 Å². The Hall–Kier alpha value is -1.30. The second kappa shape index (κ2) is 7.12. The van der Waals surface area contributed by atoms with Crippen LogP contribution in [0.1, 0.15) is 46.0 Å². The van der Waals surface area contributed by atoms with Crippen molar-refractivity contribution < 1.29 is 18.9 Å². The van der Waals surface area contributed by atoms with Gasteiger partial charge in [0, 0.05) is 6.04 Å². The van der Waals surface area contributed by atoms with Gasteiger partial charge in [0.25, 0.3) is 0 Å². The number of hydrogen-bond donors (Lipinski definition) is 0. The second-order valence-electron chi connectivity index (χ2n) is 6.20. The normalized spacial score (nSPS) is 23.8. The van der Waals surface area contributed by atoms with E-state index in [2.05, 4.69) is 13.5 Å². The molecule has 0 radical (unpaired) electrons. The van der Waals surface area contributed by atoms with Gasteiger partial charge in [0.1, 0.15) is 0 Å². The molecule has 0 amide bonds. The molecule has 0 spiro atoms. The van der Waals surface area contributed by atoms with Crippen LogP contribution in [-0.2, 0) is 18.9 Å². The number of carbonyl (C=O) groups is 2. The van der Waals surface area contributed by atoms with Gasteiger partial charge in [0.05, 0.1) is 13.1 Å². The number of rotatable bonds is 3. The van der Waals surface area contributed by atoms with Crippen LogP contribution in [0.4, 0.5) is 0 Å². The minimum Gasteiger partial charge on any atom is -0.495 e. The Bertz CT molecular complexity index is 400. The summed E-state index contributed by atoms with van der Waals surface area (Å²) < 4.78 is 10.3. The van der Waals surface area contributed by atoms with E-state index in [1.165, 1.54) is 19.3 Å². The van der Waals surface area contributed by atoms with Crippen LogP contribution >= 0.6 is 0 Å². The van der Waals surface area contributed by atoms with E-state index in [0.717, 1.165) is 12.8 Å². The molecule has 1 atom stereocenters. The first kappa shape index (κ1) is 16.1. The van der Waals surface area contributed by atoms with Crippen molar-refractivity contribution >= 4 is 19.1 Å². The Morgan fingerprint density at radius 2 is 1.71 bits per heavy atom. The van der Waals surface area contributed by atoms with Crippen molar-refractivity contribution in [2.24, 2.45) is 5.92 Å². The molecule has 116 valence electrons. The first-order chi connectivity index (χ1) is 9.97. The lowest BCUT2D eigenvalue weighted by molar-refractivity contribution is -0.147. The van der Waals surface area contributed by atoms with Gasteiger partial charge >= 0.3 is 19.1 Å². The Balaban J connectivity index is 2.02. The van der Waals surface area contributed by atoms with Crippen LogP contribution in [0.3, 0.4) is 0 Å². The van der Waals surface area contributed by atoms with Gasteiger partial charge in [-0.3, -0.25) is 14.5 Å². The lowest BCUT2D eigenvalue weighted by atomic mass is 9.80. The van der Waals surface area contributed by atoms with Crippen LogP contribution in [0, 0.1) is 5.92 Å². The van der Waals surface area contributed by atoms with Crippen molar-refractivity contribution in [3.63, 3.8) is 0 Å². The summed E-state index contributed by atoms with van der Waals surface area (Å²) in [7, 11) is -0.947. The topological polar surface area (TPSA) is 55.8 Å². The minimum absolute atomic E-state index is 0.135. The van der Waals surface area contributed by atoms with Gasteiger partial charge in [-0.05, 0) is 38.1 Å². The highest BCUT2D eigenvalue weighted by Crippen LogP contribution is 2.29. The monoisotopic (exact) mass is 293 g/mol. The molecule has 2 fully saturated rings. The SMILES string of the molecule is C=C(C)B1OC(=O)CN([C@@H](C)C2CCCCC2)CC(=O)O1. The standard InChI is InChI=1S/C15H24BNO4/c1-11(2)16-20-14(18)9-17(10-15(19)21-16)12(3)13-7-5-4-6-8-13/h12-13H,1,4-10H2,2-3H3/t12-/m0/s1. The highest BCUT2D eigenvalue weighted by molar-refractivity contribution is 6.57. The molecule has 21 heavy (non-hydrogen) atoms. The molecule has 1 aliphatic carbocycles. The highest BCUT2D eigenvalue weighted by Gasteiger charge is 2.36. The fraction of sp³-hybridized carbons (Fsp3) is 0.733. The molecule has 2 rings (SSSR count). The molecule has 0 aromatic rings. The molecule has 5 nitrogen and oxygen atoms in total. The Kier molecular flexibility index (Phi) is 5.45. The van der Waals surface area contributed by atoms with Crippen molar-refractivity contribution in [3.05, 3.63) is 12.1 Å². The number of allylic oxidation sites excluding steroid dienone is 1. The summed E-state index contributed by atoms with van der Waals surface area (Å²) in [5.74, 6) is -0.188. The molecular weight excluding hydrogens is 269 g/mol. The third-order valence-corrected chi connectivity index (χ3v) is 4.45. The van der Waals surface area contributed by atoms with Gasteiger partial charge in [0.15, 0.2) is 0 Å². The molecule has 0 bridgehead atoms. The third-order valence-electron chi connectivity index (χ3n) is 4.45. The smallest absolute Gasteiger partial charge is 0.495 e. The molecular formula is C15H24BNO4. The molecule has 0 unspecified atom stereocenters. The van der Waals surface area contributed by atoms with Crippen molar-refractivity contribution in [3.8, 4) is 0 Å². The third kappa shape index (κ3) is 4.33. The van der Waals surface area contributed by atoms with Crippen molar-refractivity contribution in [1.29, 1.82) is 0 Å². The maximum absolute atomic E-state index is 12.0. The first-order valence-electron chi connectivity index (χ1n) is 7.76. The van der Waals surface area contributed by atoms with Gasteiger partial charge in [0.2, 0.25) is 0 Å². The second-order valence-corrected chi connectivity index (χ2v) is 6.20. The zero-order valence-corrected chi connectivity index (χ0v) is 13.0. The quantitative estimate of drug-likeness (QED) is 0.745. The lowest BCUT2D eigenvalue weighted by Crippen LogP contribution is -2.49. The highest BCUT2D eigenvalue weighted by atomic mass is 16.6. The average molecular weight is 293 g/mol. The van der Waals surface area contributed by atoms with Gasteiger partial charge < -0.3 is 9.31 Å². The van der Waals surface area contributed by atoms with Gasteiger partial charge in [-0.2, -0.15) is 0 Å². The Morgan fingerprint density at radius 1 is 1.19 bits per heavy atom.